The third-order valence-corrected chi connectivity index (χ3v) is 5.54. The minimum Gasteiger partial charge on any atom is -0.396 e. The number of nitrogens with zero attached hydrogens (tertiary/aromatic N) is 1. The molecule has 1 fully saturated rings. The molecule has 0 radical (unpaired) electrons. The van der Waals surface area contributed by atoms with Crippen molar-refractivity contribution in [1.29, 1.82) is 0 Å². The third-order valence-electron chi connectivity index (χ3n) is 3.63. The molecule has 19 heavy (non-hydrogen) atoms. The number of piperidine rings is 1. The molecule has 1 saturated heterocycles. The molecule has 0 aliphatic carbocycles. The van der Waals surface area contributed by atoms with Crippen molar-refractivity contribution in [3.05, 3.63) is 29.8 Å². The number of rotatable bonds is 4. The quantitative estimate of drug-likeness (QED) is 0.845. The van der Waals surface area contributed by atoms with Crippen LogP contribution in [0.5, 0.6) is 0 Å². The maximum Gasteiger partial charge on any atom is 0.243 e. The van der Waals surface area contributed by atoms with Crippen LogP contribution in [0.2, 0.25) is 0 Å². The Morgan fingerprint density at radius 2 is 1.79 bits per heavy atom. The van der Waals surface area contributed by atoms with Crippen molar-refractivity contribution in [3.8, 4) is 0 Å². The Labute approximate surface area is 114 Å². The molecule has 0 bridgehead atoms. The van der Waals surface area contributed by atoms with Gasteiger partial charge in [0.1, 0.15) is 0 Å². The highest BCUT2D eigenvalue weighted by Gasteiger charge is 2.28. The van der Waals surface area contributed by atoms with Crippen LogP contribution in [0.3, 0.4) is 0 Å². The van der Waals surface area contributed by atoms with Gasteiger partial charge in [0.15, 0.2) is 0 Å². The Morgan fingerprint density at radius 3 is 2.26 bits per heavy atom. The zero-order valence-corrected chi connectivity index (χ0v) is 11.6. The molecule has 6 heteroatoms. The van der Waals surface area contributed by atoms with Crippen LogP contribution in [0.15, 0.2) is 29.2 Å². The number of sulfonamides is 1. The van der Waals surface area contributed by atoms with Crippen LogP contribution in [0.25, 0.3) is 0 Å². The highest BCUT2D eigenvalue weighted by molar-refractivity contribution is 7.89. The predicted molar refractivity (Wildman–Crippen MR) is 72.9 cm³/mol. The second-order valence-corrected chi connectivity index (χ2v) is 6.82. The Morgan fingerprint density at radius 1 is 1.21 bits per heavy atom. The fourth-order valence-corrected chi connectivity index (χ4v) is 3.75. The predicted octanol–water partition coefficient (Wildman–Crippen LogP) is 0.538. The molecular formula is C13H20N2O3S. The average Bonchev–Trinajstić information content (AvgIpc) is 2.47. The van der Waals surface area contributed by atoms with Gasteiger partial charge < -0.3 is 10.8 Å². The molecule has 5 nitrogen and oxygen atoms in total. The van der Waals surface area contributed by atoms with E-state index in [1.165, 1.54) is 4.31 Å². The fraction of sp³-hybridized carbons (Fsp3) is 0.538. The van der Waals surface area contributed by atoms with Crippen LogP contribution < -0.4 is 5.73 Å². The Balaban J connectivity index is 2.13. The lowest BCUT2D eigenvalue weighted by atomic mass is 10.00. The summed E-state index contributed by atoms with van der Waals surface area (Å²) in [6.45, 7) is 1.50. The highest BCUT2D eigenvalue weighted by Crippen LogP contribution is 2.23. The van der Waals surface area contributed by atoms with Crippen LogP contribution in [0, 0.1) is 5.92 Å². The Kier molecular flexibility index (Phi) is 4.57. The summed E-state index contributed by atoms with van der Waals surface area (Å²) in [7, 11) is -3.41. The smallest absolute Gasteiger partial charge is 0.243 e. The summed E-state index contributed by atoms with van der Waals surface area (Å²) >= 11 is 0. The van der Waals surface area contributed by atoms with Gasteiger partial charge in [-0.15, -0.1) is 0 Å². The van der Waals surface area contributed by atoms with Gasteiger partial charge in [-0.2, -0.15) is 4.31 Å². The summed E-state index contributed by atoms with van der Waals surface area (Å²) in [4.78, 5) is 0.312. The topological polar surface area (TPSA) is 83.6 Å². The zero-order chi connectivity index (χ0) is 13.9. The normalized spacial score (nSPS) is 18.6. The van der Waals surface area contributed by atoms with E-state index in [1.807, 2.05) is 0 Å². The van der Waals surface area contributed by atoms with Crippen molar-refractivity contribution in [2.24, 2.45) is 11.7 Å². The number of nitrogens with two attached hydrogens (primary N) is 1. The van der Waals surface area contributed by atoms with Crippen LogP contribution >= 0.6 is 0 Å². The first-order chi connectivity index (χ1) is 9.07. The van der Waals surface area contributed by atoms with Gasteiger partial charge in [-0.3, -0.25) is 0 Å². The van der Waals surface area contributed by atoms with E-state index in [0.717, 1.165) is 18.4 Å². The summed E-state index contributed by atoms with van der Waals surface area (Å²) in [6, 6.07) is 6.70. The fourth-order valence-electron chi connectivity index (χ4n) is 2.28. The number of benzene rings is 1. The number of hydrogen-bond donors (Lipinski definition) is 2. The van der Waals surface area contributed by atoms with Crippen LogP contribution in [-0.4, -0.2) is 37.5 Å². The zero-order valence-electron chi connectivity index (χ0n) is 10.8. The first-order valence-electron chi connectivity index (χ1n) is 6.48. The molecule has 1 aliphatic rings. The average molecular weight is 284 g/mol. The Bertz CT molecular complexity index is 505. The molecule has 1 heterocycles. The molecule has 1 aromatic carbocycles. The molecule has 1 aromatic rings. The molecule has 0 atom stereocenters. The molecule has 0 saturated carbocycles. The van der Waals surface area contributed by atoms with Gasteiger partial charge in [0.2, 0.25) is 10.0 Å². The molecule has 3 N–H and O–H groups in total. The molecule has 0 spiro atoms. The van der Waals surface area contributed by atoms with Crippen molar-refractivity contribution in [3.63, 3.8) is 0 Å². The van der Waals surface area contributed by atoms with E-state index in [9.17, 15) is 8.42 Å². The van der Waals surface area contributed by atoms with Gasteiger partial charge in [0, 0.05) is 26.2 Å². The van der Waals surface area contributed by atoms with Gasteiger partial charge in [-0.05, 0) is 36.5 Å². The monoisotopic (exact) mass is 284 g/mol. The van der Waals surface area contributed by atoms with E-state index in [2.05, 4.69) is 0 Å². The summed E-state index contributed by atoms with van der Waals surface area (Å²) in [6.07, 6.45) is 1.44. The van der Waals surface area contributed by atoms with Crippen molar-refractivity contribution in [2.75, 3.05) is 19.7 Å². The maximum absolute atomic E-state index is 12.4. The van der Waals surface area contributed by atoms with E-state index in [1.54, 1.807) is 24.3 Å². The van der Waals surface area contributed by atoms with Crippen molar-refractivity contribution in [2.45, 2.75) is 24.3 Å². The summed E-state index contributed by atoms with van der Waals surface area (Å²) in [5, 5.41) is 9.07. The summed E-state index contributed by atoms with van der Waals surface area (Å²) in [5.74, 6) is 0.228. The van der Waals surface area contributed by atoms with Gasteiger partial charge in [0.05, 0.1) is 4.90 Å². The molecule has 0 amide bonds. The molecule has 2 rings (SSSR count). The van der Waals surface area contributed by atoms with Crippen molar-refractivity contribution < 1.29 is 13.5 Å². The molecular weight excluding hydrogens is 264 g/mol. The lowest BCUT2D eigenvalue weighted by Gasteiger charge is -2.30. The second kappa shape index (κ2) is 6.00. The van der Waals surface area contributed by atoms with E-state index >= 15 is 0 Å². The number of aliphatic hydroxyl groups is 1. The SMILES string of the molecule is NCc1ccc(S(=O)(=O)N2CCC(CO)CC2)cc1. The minimum atomic E-state index is -3.41. The standard InChI is InChI=1S/C13H20N2O3S/c14-9-11-1-3-13(4-2-11)19(17,18)15-7-5-12(10-16)6-8-15/h1-4,12,16H,5-10,14H2. The Hall–Kier alpha value is -0.950. The van der Waals surface area contributed by atoms with E-state index in [0.29, 0.717) is 24.5 Å². The van der Waals surface area contributed by atoms with Crippen molar-refractivity contribution >= 4 is 10.0 Å². The van der Waals surface area contributed by atoms with Gasteiger partial charge in [-0.25, -0.2) is 8.42 Å². The lowest BCUT2D eigenvalue weighted by Crippen LogP contribution is -2.39. The minimum absolute atomic E-state index is 0.138. The number of hydrogen-bond acceptors (Lipinski definition) is 4. The largest absolute Gasteiger partial charge is 0.396 e. The van der Waals surface area contributed by atoms with Gasteiger partial charge in [0.25, 0.3) is 0 Å². The summed E-state index contributed by atoms with van der Waals surface area (Å²) in [5.41, 5.74) is 6.41. The highest BCUT2D eigenvalue weighted by atomic mass is 32.2. The lowest BCUT2D eigenvalue weighted by molar-refractivity contribution is 0.170. The second-order valence-electron chi connectivity index (χ2n) is 4.88. The first kappa shape index (κ1) is 14.5. The summed E-state index contributed by atoms with van der Waals surface area (Å²) < 4.78 is 26.3. The van der Waals surface area contributed by atoms with Crippen molar-refractivity contribution in [1.82, 2.24) is 4.31 Å². The maximum atomic E-state index is 12.4. The molecule has 0 aromatic heterocycles. The molecule has 0 unspecified atom stereocenters. The van der Waals surface area contributed by atoms with Gasteiger partial charge >= 0.3 is 0 Å². The molecule has 1 aliphatic heterocycles. The van der Waals surface area contributed by atoms with E-state index < -0.39 is 10.0 Å². The first-order valence-corrected chi connectivity index (χ1v) is 7.92. The van der Waals surface area contributed by atoms with Crippen LogP contribution in [0.1, 0.15) is 18.4 Å². The van der Waals surface area contributed by atoms with Gasteiger partial charge in [-0.1, -0.05) is 12.1 Å². The van der Waals surface area contributed by atoms with E-state index in [4.69, 9.17) is 10.8 Å². The van der Waals surface area contributed by atoms with Crippen LogP contribution in [0.4, 0.5) is 0 Å². The molecule has 106 valence electrons. The third kappa shape index (κ3) is 3.14. The number of aliphatic hydroxyl groups excluding tert-OH is 1. The van der Waals surface area contributed by atoms with Crippen LogP contribution in [-0.2, 0) is 16.6 Å². The van der Waals surface area contributed by atoms with E-state index in [-0.39, 0.29) is 12.5 Å².